The van der Waals surface area contributed by atoms with Gasteiger partial charge in [0.25, 0.3) is 0 Å². The summed E-state index contributed by atoms with van der Waals surface area (Å²) in [6.45, 7) is 5.69. The van der Waals surface area contributed by atoms with Crippen LogP contribution in [0.5, 0.6) is 0 Å². The summed E-state index contributed by atoms with van der Waals surface area (Å²) >= 11 is 0. The lowest BCUT2D eigenvalue weighted by Crippen LogP contribution is -2.48. The minimum Gasteiger partial charge on any atom is -0.339 e. The first kappa shape index (κ1) is 16.7. The standard InChI is InChI=1S/C20H23N5O/c1-15-7-8-17(21-13-15)20-22-16-5-3-4-6-18(16)25(20)14-19(26)24-11-9-23(2)10-12-24/h3-8,13H,9-12,14H2,1-2H3. The normalized spacial score (nSPS) is 15.5. The number of benzene rings is 1. The number of aryl methyl sites for hydroxylation is 1. The van der Waals surface area contributed by atoms with Crippen LogP contribution in [-0.2, 0) is 11.3 Å². The molecular weight excluding hydrogens is 326 g/mol. The van der Waals surface area contributed by atoms with Crippen LogP contribution < -0.4 is 0 Å². The molecule has 6 nitrogen and oxygen atoms in total. The highest BCUT2D eigenvalue weighted by Crippen LogP contribution is 2.24. The molecule has 3 heterocycles. The van der Waals surface area contributed by atoms with Crippen LogP contribution in [0.1, 0.15) is 5.56 Å². The molecule has 0 aliphatic carbocycles. The number of piperazine rings is 1. The van der Waals surface area contributed by atoms with Gasteiger partial charge in [0.15, 0.2) is 5.82 Å². The Morgan fingerprint density at radius 2 is 1.85 bits per heavy atom. The molecule has 0 N–H and O–H groups in total. The summed E-state index contributed by atoms with van der Waals surface area (Å²) in [4.78, 5) is 26.3. The molecule has 1 aromatic carbocycles. The predicted octanol–water partition coefficient (Wildman–Crippen LogP) is 2.18. The summed E-state index contributed by atoms with van der Waals surface area (Å²) < 4.78 is 1.99. The van der Waals surface area contributed by atoms with E-state index < -0.39 is 0 Å². The van der Waals surface area contributed by atoms with E-state index in [4.69, 9.17) is 4.98 Å². The van der Waals surface area contributed by atoms with Crippen LogP contribution in [0.25, 0.3) is 22.6 Å². The van der Waals surface area contributed by atoms with Gasteiger partial charge in [-0.05, 0) is 37.7 Å². The minimum atomic E-state index is 0.134. The van der Waals surface area contributed by atoms with Crippen molar-refractivity contribution in [3.8, 4) is 11.5 Å². The van der Waals surface area contributed by atoms with Gasteiger partial charge >= 0.3 is 0 Å². The molecule has 0 unspecified atom stereocenters. The molecule has 3 aromatic rings. The summed E-state index contributed by atoms with van der Waals surface area (Å²) in [6.07, 6.45) is 1.83. The second-order valence-corrected chi connectivity index (χ2v) is 6.92. The van der Waals surface area contributed by atoms with Gasteiger partial charge in [0.05, 0.1) is 11.0 Å². The number of hydrogen-bond acceptors (Lipinski definition) is 4. The van der Waals surface area contributed by atoms with Crippen LogP contribution in [-0.4, -0.2) is 63.5 Å². The van der Waals surface area contributed by atoms with Gasteiger partial charge in [-0.2, -0.15) is 0 Å². The molecule has 0 saturated carbocycles. The Morgan fingerprint density at radius 3 is 2.58 bits per heavy atom. The van der Waals surface area contributed by atoms with E-state index in [-0.39, 0.29) is 12.5 Å². The number of nitrogens with zero attached hydrogens (tertiary/aromatic N) is 5. The summed E-state index contributed by atoms with van der Waals surface area (Å²) in [5.41, 5.74) is 3.74. The lowest BCUT2D eigenvalue weighted by atomic mass is 10.2. The Kier molecular flexibility index (Phi) is 4.42. The number of rotatable bonds is 3. The first-order chi connectivity index (χ1) is 12.6. The van der Waals surface area contributed by atoms with E-state index in [1.165, 1.54) is 0 Å². The van der Waals surface area contributed by atoms with Crippen molar-refractivity contribution in [2.45, 2.75) is 13.5 Å². The third-order valence-electron chi connectivity index (χ3n) is 4.94. The molecule has 26 heavy (non-hydrogen) atoms. The average molecular weight is 349 g/mol. The largest absolute Gasteiger partial charge is 0.339 e. The Labute approximate surface area is 153 Å². The zero-order valence-electron chi connectivity index (χ0n) is 15.2. The maximum Gasteiger partial charge on any atom is 0.242 e. The van der Waals surface area contributed by atoms with E-state index in [0.717, 1.165) is 54.3 Å². The highest BCUT2D eigenvalue weighted by Gasteiger charge is 2.22. The van der Waals surface area contributed by atoms with Gasteiger partial charge in [-0.15, -0.1) is 0 Å². The fraction of sp³-hybridized carbons (Fsp3) is 0.350. The van der Waals surface area contributed by atoms with Gasteiger partial charge in [-0.3, -0.25) is 9.78 Å². The fourth-order valence-corrected chi connectivity index (χ4v) is 3.32. The van der Waals surface area contributed by atoms with Crippen LogP contribution in [0.4, 0.5) is 0 Å². The summed E-state index contributed by atoms with van der Waals surface area (Å²) in [7, 11) is 2.09. The smallest absolute Gasteiger partial charge is 0.242 e. The van der Waals surface area contributed by atoms with Crippen molar-refractivity contribution in [2.75, 3.05) is 33.2 Å². The van der Waals surface area contributed by atoms with Crippen LogP contribution in [0, 0.1) is 6.92 Å². The molecule has 0 spiro atoms. The van der Waals surface area contributed by atoms with Gasteiger partial charge in [-0.1, -0.05) is 18.2 Å². The molecule has 1 fully saturated rings. The van der Waals surface area contributed by atoms with Crippen molar-refractivity contribution < 1.29 is 4.79 Å². The molecule has 6 heteroatoms. The maximum atomic E-state index is 12.9. The van der Waals surface area contributed by atoms with E-state index in [9.17, 15) is 4.79 Å². The van der Waals surface area contributed by atoms with Crippen LogP contribution >= 0.6 is 0 Å². The first-order valence-corrected chi connectivity index (χ1v) is 8.96. The SMILES string of the molecule is Cc1ccc(-c2nc3ccccc3n2CC(=O)N2CCN(C)CC2)nc1. The van der Waals surface area contributed by atoms with Crippen molar-refractivity contribution >= 4 is 16.9 Å². The van der Waals surface area contributed by atoms with Crippen LogP contribution in [0.3, 0.4) is 0 Å². The number of likely N-dealkylation sites (N-methyl/N-ethyl adjacent to an activating group) is 1. The minimum absolute atomic E-state index is 0.134. The second-order valence-electron chi connectivity index (χ2n) is 6.92. The number of amides is 1. The van der Waals surface area contributed by atoms with E-state index in [1.54, 1.807) is 0 Å². The lowest BCUT2D eigenvalue weighted by Gasteiger charge is -2.32. The van der Waals surface area contributed by atoms with Gasteiger partial charge in [0.2, 0.25) is 5.91 Å². The Bertz CT molecular complexity index is 923. The maximum absolute atomic E-state index is 12.9. The van der Waals surface area contributed by atoms with Crippen molar-refractivity contribution in [3.63, 3.8) is 0 Å². The Morgan fingerprint density at radius 1 is 1.08 bits per heavy atom. The highest BCUT2D eigenvalue weighted by molar-refractivity contribution is 5.84. The number of imidazole rings is 1. The van der Waals surface area contributed by atoms with Crippen LogP contribution in [0.2, 0.25) is 0 Å². The molecule has 1 amide bonds. The van der Waals surface area contributed by atoms with Crippen LogP contribution in [0.15, 0.2) is 42.6 Å². The lowest BCUT2D eigenvalue weighted by molar-refractivity contribution is -0.133. The van der Waals surface area contributed by atoms with E-state index in [2.05, 4.69) is 16.9 Å². The van der Waals surface area contributed by atoms with Crippen molar-refractivity contribution in [1.82, 2.24) is 24.3 Å². The zero-order chi connectivity index (χ0) is 18.1. The second kappa shape index (κ2) is 6.88. The number of fused-ring (bicyclic) bond motifs is 1. The van der Waals surface area contributed by atoms with Crippen molar-refractivity contribution in [3.05, 3.63) is 48.2 Å². The highest BCUT2D eigenvalue weighted by atomic mass is 16.2. The van der Waals surface area contributed by atoms with Crippen molar-refractivity contribution in [1.29, 1.82) is 0 Å². The molecule has 134 valence electrons. The molecule has 4 rings (SSSR count). The third-order valence-corrected chi connectivity index (χ3v) is 4.94. The topological polar surface area (TPSA) is 54.3 Å². The number of aromatic nitrogens is 3. The molecule has 0 bridgehead atoms. The Hall–Kier alpha value is -2.73. The van der Waals surface area contributed by atoms with Gasteiger partial charge in [0.1, 0.15) is 12.2 Å². The first-order valence-electron chi connectivity index (χ1n) is 8.96. The summed E-state index contributed by atoms with van der Waals surface area (Å²) in [6, 6.07) is 11.9. The molecule has 0 atom stereocenters. The Balaban J connectivity index is 1.69. The van der Waals surface area contributed by atoms with E-state index in [1.807, 2.05) is 59.0 Å². The fourth-order valence-electron chi connectivity index (χ4n) is 3.32. The molecular formula is C20H23N5O. The quantitative estimate of drug-likeness (QED) is 0.727. The van der Waals surface area contributed by atoms with E-state index in [0.29, 0.717) is 0 Å². The average Bonchev–Trinajstić information content (AvgIpc) is 3.01. The number of pyridine rings is 1. The third kappa shape index (κ3) is 3.20. The molecule has 1 saturated heterocycles. The van der Waals surface area contributed by atoms with Gasteiger partial charge in [0, 0.05) is 32.4 Å². The summed E-state index contributed by atoms with van der Waals surface area (Å²) in [5, 5.41) is 0. The zero-order valence-corrected chi connectivity index (χ0v) is 15.2. The van der Waals surface area contributed by atoms with Gasteiger partial charge in [-0.25, -0.2) is 4.98 Å². The predicted molar refractivity (Wildman–Crippen MR) is 102 cm³/mol. The number of hydrogen-bond donors (Lipinski definition) is 0. The van der Waals surface area contributed by atoms with E-state index >= 15 is 0 Å². The van der Waals surface area contributed by atoms with Gasteiger partial charge < -0.3 is 14.4 Å². The monoisotopic (exact) mass is 349 g/mol. The molecule has 2 aromatic heterocycles. The number of carbonyl (C=O) groups excluding carboxylic acids is 1. The number of carbonyl (C=O) groups is 1. The van der Waals surface area contributed by atoms with Crippen molar-refractivity contribution in [2.24, 2.45) is 0 Å². The molecule has 1 aliphatic heterocycles. The summed E-state index contributed by atoms with van der Waals surface area (Å²) in [5.74, 6) is 0.878. The number of para-hydroxylation sites is 2. The molecule has 1 aliphatic rings. The molecule has 0 radical (unpaired) electrons.